The van der Waals surface area contributed by atoms with Gasteiger partial charge in [0.1, 0.15) is 0 Å². The van der Waals surface area contributed by atoms with Crippen LogP contribution in [-0.4, -0.2) is 14.1 Å². The van der Waals surface area contributed by atoms with Crippen LogP contribution in [-0.2, 0) is 5.41 Å². The Kier molecular flexibility index (Phi) is 6.03. The topological polar surface area (TPSA) is 22.8 Å². The van der Waals surface area contributed by atoms with Crippen molar-refractivity contribution in [1.82, 2.24) is 14.1 Å². The molecule has 2 aliphatic rings. The second-order valence-corrected chi connectivity index (χ2v) is 16.1. The Morgan fingerprint density at radius 2 is 1.16 bits per heavy atom. The molecule has 8 aromatic carbocycles. The SMILES string of the molecule is c1ccc2c(c1)Sc1c(ccc3c1c1ccccc1n3-c1ccc(-c3cccc4cccnc34)cc1)C21c2ccccc2-n2c3ccccc3c3cccc1c32. The van der Waals surface area contributed by atoms with Crippen molar-refractivity contribution in [1.29, 1.82) is 0 Å². The van der Waals surface area contributed by atoms with E-state index in [0.29, 0.717) is 0 Å². The largest absolute Gasteiger partial charge is 0.309 e. The average molecular weight is 730 g/mol. The van der Waals surface area contributed by atoms with E-state index in [1.54, 1.807) is 0 Å². The van der Waals surface area contributed by atoms with Crippen molar-refractivity contribution in [2.75, 3.05) is 0 Å². The first-order valence-corrected chi connectivity index (χ1v) is 20.0. The van der Waals surface area contributed by atoms with Gasteiger partial charge in [-0.2, -0.15) is 0 Å². The zero-order chi connectivity index (χ0) is 36.5. The van der Waals surface area contributed by atoms with Gasteiger partial charge in [0.05, 0.1) is 38.7 Å². The average Bonchev–Trinajstić information content (AvgIpc) is 3.79. The fourth-order valence-electron chi connectivity index (χ4n) is 10.2. The minimum Gasteiger partial charge on any atom is -0.309 e. The molecule has 13 rings (SSSR count). The fraction of sp³-hybridized carbons (Fsp3) is 0.0192. The number of rotatable bonds is 2. The second-order valence-electron chi connectivity index (χ2n) is 15.0. The summed E-state index contributed by atoms with van der Waals surface area (Å²) in [6.07, 6.45) is 1.88. The number of fused-ring (bicyclic) bond motifs is 16. The molecule has 0 fully saturated rings. The highest BCUT2D eigenvalue weighted by molar-refractivity contribution is 7.99. The van der Waals surface area contributed by atoms with E-state index in [1.807, 2.05) is 24.0 Å². The van der Waals surface area contributed by atoms with Gasteiger partial charge in [-0.15, -0.1) is 0 Å². The molecule has 0 amide bonds. The number of aromatic nitrogens is 3. The van der Waals surface area contributed by atoms with Gasteiger partial charge >= 0.3 is 0 Å². The first-order valence-electron chi connectivity index (χ1n) is 19.2. The lowest BCUT2D eigenvalue weighted by Gasteiger charge is -2.45. The van der Waals surface area contributed by atoms with Crippen LogP contribution in [0.3, 0.4) is 0 Å². The van der Waals surface area contributed by atoms with Crippen LogP contribution in [0.1, 0.15) is 22.3 Å². The van der Waals surface area contributed by atoms with E-state index in [9.17, 15) is 0 Å². The third-order valence-electron chi connectivity index (χ3n) is 12.4. The molecule has 5 heterocycles. The van der Waals surface area contributed by atoms with E-state index in [2.05, 4.69) is 185 Å². The van der Waals surface area contributed by atoms with E-state index in [1.165, 1.54) is 81.3 Å². The molecule has 0 saturated carbocycles. The van der Waals surface area contributed by atoms with Gasteiger partial charge in [-0.05, 0) is 76.3 Å². The first-order chi connectivity index (χ1) is 27.8. The molecule has 56 heavy (non-hydrogen) atoms. The molecule has 1 atom stereocenters. The Morgan fingerprint density at radius 1 is 0.464 bits per heavy atom. The maximum atomic E-state index is 4.75. The predicted molar refractivity (Wildman–Crippen MR) is 232 cm³/mol. The number of para-hydroxylation sites is 5. The van der Waals surface area contributed by atoms with Gasteiger partial charge in [-0.25, -0.2) is 0 Å². The van der Waals surface area contributed by atoms with Gasteiger partial charge in [0.2, 0.25) is 0 Å². The van der Waals surface area contributed by atoms with Crippen molar-refractivity contribution in [3.63, 3.8) is 0 Å². The molecule has 1 unspecified atom stereocenters. The van der Waals surface area contributed by atoms with Crippen LogP contribution in [0, 0.1) is 0 Å². The Hall–Kier alpha value is -6.88. The molecule has 0 N–H and O–H groups in total. The standard InChI is InChI=1S/C52H31N3S/c1-5-21-43-36(14-1)37-17-10-20-41-50(37)55(43)45-23-7-3-18-39(45)52(41)40-19-4-8-24-47(40)56-51-42(52)29-30-46-48(51)38-15-2-6-22-44(38)54(46)34-27-25-32(26-28-34)35-16-9-12-33-13-11-31-53-49(33)35/h1-31H. The second kappa shape index (κ2) is 11.1. The lowest BCUT2D eigenvalue weighted by molar-refractivity contribution is 0.692. The van der Waals surface area contributed by atoms with Crippen LogP contribution < -0.4 is 0 Å². The van der Waals surface area contributed by atoms with E-state index in [0.717, 1.165) is 27.7 Å². The molecule has 260 valence electrons. The predicted octanol–water partition coefficient (Wildman–Crippen LogP) is 13.3. The Balaban J connectivity index is 1.11. The number of hydrogen-bond donors (Lipinski definition) is 0. The van der Waals surface area contributed by atoms with Gasteiger partial charge in [0.25, 0.3) is 0 Å². The van der Waals surface area contributed by atoms with Gasteiger partial charge in [0.15, 0.2) is 0 Å². The zero-order valence-corrected chi connectivity index (χ0v) is 31.0. The van der Waals surface area contributed by atoms with Gasteiger partial charge < -0.3 is 9.13 Å². The zero-order valence-electron chi connectivity index (χ0n) is 30.1. The molecule has 2 aliphatic heterocycles. The summed E-state index contributed by atoms with van der Waals surface area (Å²) in [6, 6.07) is 67.5. The highest BCUT2D eigenvalue weighted by Crippen LogP contribution is 2.62. The number of benzene rings is 8. The van der Waals surface area contributed by atoms with Gasteiger partial charge in [-0.1, -0.05) is 145 Å². The van der Waals surface area contributed by atoms with E-state index >= 15 is 0 Å². The third-order valence-corrected chi connectivity index (χ3v) is 13.6. The molecule has 0 aliphatic carbocycles. The van der Waals surface area contributed by atoms with Crippen LogP contribution in [0.4, 0.5) is 0 Å². The Labute approximate surface area is 327 Å². The summed E-state index contributed by atoms with van der Waals surface area (Å²) in [5.74, 6) is 0. The normalized spacial score (nSPS) is 15.5. The van der Waals surface area contributed by atoms with E-state index < -0.39 is 5.41 Å². The molecule has 3 nitrogen and oxygen atoms in total. The van der Waals surface area contributed by atoms with Crippen molar-refractivity contribution < 1.29 is 0 Å². The lowest BCUT2D eigenvalue weighted by Crippen LogP contribution is -2.37. The van der Waals surface area contributed by atoms with Crippen LogP contribution in [0.5, 0.6) is 0 Å². The smallest absolute Gasteiger partial charge is 0.0780 e. The molecule has 4 heteroatoms. The number of hydrogen-bond acceptors (Lipinski definition) is 2. The monoisotopic (exact) mass is 729 g/mol. The molecular weight excluding hydrogens is 699 g/mol. The van der Waals surface area contributed by atoms with Gasteiger partial charge in [-0.3, -0.25) is 4.98 Å². The fourth-order valence-corrected chi connectivity index (χ4v) is 11.6. The minimum atomic E-state index is -0.525. The molecule has 0 radical (unpaired) electrons. The quantitative estimate of drug-likeness (QED) is 0.177. The van der Waals surface area contributed by atoms with Crippen molar-refractivity contribution in [3.8, 4) is 22.5 Å². The highest BCUT2D eigenvalue weighted by atomic mass is 32.2. The Morgan fingerprint density at radius 3 is 2.05 bits per heavy atom. The van der Waals surface area contributed by atoms with Crippen LogP contribution in [0.15, 0.2) is 198 Å². The summed E-state index contributed by atoms with van der Waals surface area (Å²) in [6.45, 7) is 0. The van der Waals surface area contributed by atoms with Crippen molar-refractivity contribution in [2.24, 2.45) is 0 Å². The molecule has 11 aromatic rings. The van der Waals surface area contributed by atoms with Crippen LogP contribution in [0.2, 0.25) is 0 Å². The maximum Gasteiger partial charge on any atom is 0.0780 e. The van der Waals surface area contributed by atoms with Crippen LogP contribution >= 0.6 is 11.8 Å². The van der Waals surface area contributed by atoms with Crippen molar-refractivity contribution in [3.05, 3.63) is 210 Å². The summed E-state index contributed by atoms with van der Waals surface area (Å²) >= 11 is 1.93. The molecule has 1 spiro atoms. The molecule has 0 saturated heterocycles. The van der Waals surface area contributed by atoms with E-state index in [-0.39, 0.29) is 0 Å². The number of nitrogens with zero attached hydrogens (tertiary/aromatic N) is 3. The summed E-state index contributed by atoms with van der Waals surface area (Å²) in [5.41, 5.74) is 15.5. The number of pyridine rings is 1. The summed E-state index contributed by atoms with van der Waals surface area (Å²) in [5, 5.41) is 6.30. The summed E-state index contributed by atoms with van der Waals surface area (Å²) in [7, 11) is 0. The summed E-state index contributed by atoms with van der Waals surface area (Å²) < 4.78 is 4.98. The maximum absolute atomic E-state index is 4.75. The highest BCUT2D eigenvalue weighted by Gasteiger charge is 2.50. The van der Waals surface area contributed by atoms with Crippen LogP contribution in [0.25, 0.3) is 77.0 Å². The van der Waals surface area contributed by atoms with E-state index in [4.69, 9.17) is 4.98 Å². The lowest BCUT2D eigenvalue weighted by atomic mass is 9.62. The minimum absolute atomic E-state index is 0.525. The summed E-state index contributed by atoms with van der Waals surface area (Å²) in [4.78, 5) is 7.37. The molecule has 3 aromatic heterocycles. The third kappa shape index (κ3) is 3.77. The van der Waals surface area contributed by atoms with Crippen molar-refractivity contribution in [2.45, 2.75) is 15.2 Å². The Bertz CT molecular complexity index is 3460. The first kappa shape index (κ1) is 30.4. The van der Waals surface area contributed by atoms with Crippen molar-refractivity contribution >= 4 is 66.3 Å². The molecular formula is C52H31N3S. The van der Waals surface area contributed by atoms with Gasteiger partial charge in [0, 0.05) is 54.2 Å². The molecule has 0 bridgehead atoms.